The summed E-state index contributed by atoms with van der Waals surface area (Å²) in [7, 11) is 0. The number of hydrogen-bond donors (Lipinski definition) is 1. The molecule has 5 aromatic rings. The summed E-state index contributed by atoms with van der Waals surface area (Å²) in [4.78, 5) is 15.8. The number of thiophene rings is 2. The Hall–Kier alpha value is -2.80. The highest BCUT2D eigenvalue weighted by molar-refractivity contribution is 7.18. The predicted molar refractivity (Wildman–Crippen MR) is 136 cm³/mol. The van der Waals surface area contributed by atoms with Gasteiger partial charge in [-0.1, -0.05) is 42.5 Å². The van der Waals surface area contributed by atoms with Gasteiger partial charge in [-0.15, -0.1) is 22.7 Å². The molecule has 0 saturated carbocycles. The molecule has 0 spiro atoms. The molecular weight excluding hydrogens is 432 g/mol. The van der Waals surface area contributed by atoms with Crippen LogP contribution in [0.2, 0.25) is 0 Å². The molecule has 1 aliphatic rings. The Morgan fingerprint density at radius 3 is 2.69 bits per heavy atom. The van der Waals surface area contributed by atoms with E-state index >= 15 is 0 Å². The molecule has 2 aromatic carbocycles. The number of nitrogens with zero attached hydrogens (tertiary/aromatic N) is 3. The van der Waals surface area contributed by atoms with Crippen LogP contribution in [0.1, 0.15) is 11.1 Å². The fourth-order valence-electron chi connectivity index (χ4n) is 4.85. The van der Waals surface area contributed by atoms with E-state index in [0.29, 0.717) is 0 Å². The highest BCUT2D eigenvalue weighted by Gasteiger charge is 2.25. The number of benzene rings is 2. The second-order valence-corrected chi connectivity index (χ2v) is 10.3. The van der Waals surface area contributed by atoms with Crippen LogP contribution in [0.15, 0.2) is 65.6 Å². The Balaban J connectivity index is 1.25. The van der Waals surface area contributed by atoms with Crippen LogP contribution >= 0.6 is 22.7 Å². The molecule has 32 heavy (non-hydrogen) atoms. The topological polar surface area (TPSA) is 33.5 Å². The first-order valence-corrected chi connectivity index (χ1v) is 12.9. The van der Waals surface area contributed by atoms with Gasteiger partial charge in [-0.2, -0.15) is 0 Å². The van der Waals surface area contributed by atoms with Gasteiger partial charge in [0.15, 0.2) is 0 Å². The van der Waals surface area contributed by atoms with Gasteiger partial charge >= 0.3 is 0 Å². The number of nitrogens with one attached hydrogen (secondary N) is 1. The summed E-state index contributed by atoms with van der Waals surface area (Å²) in [6.45, 7) is 7.60. The maximum Gasteiger partial charge on any atom is 0.141 e. The molecule has 0 aliphatic carbocycles. The van der Waals surface area contributed by atoms with Gasteiger partial charge in [-0.25, -0.2) is 9.97 Å². The fraction of sp³-hybridized carbons (Fsp3) is 0.231. The molecule has 0 radical (unpaired) electrons. The van der Waals surface area contributed by atoms with Gasteiger partial charge in [0.1, 0.15) is 23.5 Å². The highest BCUT2D eigenvalue weighted by atomic mass is 32.1. The van der Waals surface area contributed by atoms with E-state index in [-0.39, 0.29) is 0 Å². The molecule has 1 aliphatic heterocycles. The van der Waals surface area contributed by atoms with E-state index in [2.05, 4.69) is 76.1 Å². The first kappa shape index (κ1) is 19.9. The summed E-state index contributed by atoms with van der Waals surface area (Å²) in [5.74, 6) is 1.10. The molecular formula is C26H25N4S2+. The van der Waals surface area contributed by atoms with E-state index in [9.17, 15) is 0 Å². The number of rotatable bonds is 4. The number of hydrogen-bond acceptors (Lipinski definition) is 5. The smallest absolute Gasteiger partial charge is 0.141 e. The molecule has 4 heterocycles. The molecule has 1 saturated heterocycles. The van der Waals surface area contributed by atoms with Crippen molar-refractivity contribution in [3.63, 3.8) is 0 Å². The van der Waals surface area contributed by atoms with E-state index in [1.54, 1.807) is 33.9 Å². The molecule has 6 heteroatoms. The van der Waals surface area contributed by atoms with Crippen LogP contribution in [0.3, 0.4) is 0 Å². The normalized spacial score (nSPS) is 15.1. The first-order valence-electron chi connectivity index (χ1n) is 11.1. The van der Waals surface area contributed by atoms with Crippen molar-refractivity contribution in [2.24, 2.45) is 0 Å². The Bertz CT molecular complexity index is 1380. The third-order valence-corrected chi connectivity index (χ3v) is 8.40. The molecule has 3 aromatic heterocycles. The SMILES string of the molecule is Cc1ccc2ccccc2c1C[NH+]1CCN(c2ncnc3scc(-c4cccs4)c23)CC1. The second-order valence-electron chi connectivity index (χ2n) is 8.50. The molecule has 0 atom stereocenters. The van der Waals surface area contributed by atoms with E-state index < -0.39 is 0 Å². The van der Waals surface area contributed by atoms with Crippen molar-refractivity contribution in [2.75, 3.05) is 31.1 Å². The van der Waals surface area contributed by atoms with E-state index in [4.69, 9.17) is 4.98 Å². The van der Waals surface area contributed by atoms with Crippen LogP contribution in [0, 0.1) is 6.92 Å². The quantitative estimate of drug-likeness (QED) is 0.421. The van der Waals surface area contributed by atoms with Crippen LogP contribution in [0.4, 0.5) is 5.82 Å². The number of anilines is 1. The first-order chi connectivity index (χ1) is 15.8. The van der Waals surface area contributed by atoms with Crippen molar-refractivity contribution in [2.45, 2.75) is 13.5 Å². The van der Waals surface area contributed by atoms with Crippen LogP contribution in [0.25, 0.3) is 31.4 Å². The summed E-state index contributed by atoms with van der Waals surface area (Å²) in [5.41, 5.74) is 4.17. The largest absolute Gasteiger partial charge is 0.345 e. The molecule has 0 bridgehead atoms. The third-order valence-electron chi connectivity index (χ3n) is 6.61. The van der Waals surface area contributed by atoms with Crippen LogP contribution in [-0.2, 0) is 6.54 Å². The fourth-order valence-corrected chi connectivity index (χ4v) is 6.58. The standard InChI is InChI=1S/C26H24N4S2/c1-18-8-9-19-5-2-3-6-20(19)21(18)15-29-10-12-30(13-11-29)25-24-22(23-7-4-14-31-23)16-32-26(24)28-17-27-25/h2-9,14,16-17H,10-13,15H2,1H3/p+1. The van der Waals surface area contributed by atoms with Crippen molar-refractivity contribution in [3.05, 3.63) is 76.7 Å². The van der Waals surface area contributed by atoms with Gasteiger partial charge in [-0.05, 0) is 34.7 Å². The Kier molecular flexibility index (Phi) is 5.14. The van der Waals surface area contributed by atoms with E-state index in [1.165, 1.54) is 37.7 Å². The molecule has 4 nitrogen and oxygen atoms in total. The van der Waals surface area contributed by atoms with E-state index in [0.717, 1.165) is 43.4 Å². The van der Waals surface area contributed by atoms with Crippen molar-refractivity contribution in [3.8, 4) is 10.4 Å². The second kappa shape index (κ2) is 8.28. The van der Waals surface area contributed by atoms with Gasteiger partial charge in [-0.3, -0.25) is 0 Å². The van der Waals surface area contributed by atoms with Crippen molar-refractivity contribution in [1.82, 2.24) is 9.97 Å². The summed E-state index contributed by atoms with van der Waals surface area (Å²) in [5, 5.41) is 8.33. The highest BCUT2D eigenvalue weighted by Crippen LogP contribution is 2.39. The maximum atomic E-state index is 4.75. The summed E-state index contributed by atoms with van der Waals surface area (Å²) < 4.78 is 0. The van der Waals surface area contributed by atoms with Crippen LogP contribution in [0.5, 0.6) is 0 Å². The zero-order valence-electron chi connectivity index (χ0n) is 18.0. The van der Waals surface area contributed by atoms with Gasteiger partial charge in [0.25, 0.3) is 0 Å². The zero-order valence-corrected chi connectivity index (χ0v) is 19.7. The van der Waals surface area contributed by atoms with Crippen LogP contribution in [-0.4, -0.2) is 36.1 Å². The van der Waals surface area contributed by atoms with Crippen molar-refractivity contribution < 1.29 is 4.90 Å². The lowest BCUT2D eigenvalue weighted by Crippen LogP contribution is -3.13. The minimum absolute atomic E-state index is 1.02. The van der Waals surface area contributed by atoms with Crippen molar-refractivity contribution in [1.29, 1.82) is 0 Å². The summed E-state index contributed by atoms with van der Waals surface area (Å²) in [6, 6.07) is 17.6. The lowest BCUT2D eigenvalue weighted by atomic mass is 9.99. The number of aromatic nitrogens is 2. The van der Waals surface area contributed by atoms with Gasteiger partial charge in [0.05, 0.1) is 31.6 Å². The minimum atomic E-state index is 1.02. The summed E-state index contributed by atoms with van der Waals surface area (Å²) in [6.07, 6.45) is 1.73. The third kappa shape index (κ3) is 3.48. The molecule has 1 fully saturated rings. The lowest BCUT2D eigenvalue weighted by molar-refractivity contribution is -0.914. The maximum absolute atomic E-state index is 4.75. The molecule has 0 amide bonds. The average Bonchev–Trinajstić information content (AvgIpc) is 3.51. The number of quaternary nitrogens is 1. The van der Waals surface area contributed by atoms with E-state index in [1.807, 2.05) is 0 Å². The molecule has 1 N–H and O–H groups in total. The molecule has 160 valence electrons. The molecule has 0 unspecified atom stereocenters. The van der Waals surface area contributed by atoms with Gasteiger partial charge < -0.3 is 9.80 Å². The number of piperazine rings is 1. The number of fused-ring (bicyclic) bond motifs is 2. The Morgan fingerprint density at radius 2 is 1.84 bits per heavy atom. The van der Waals surface area contributed by atoms with Gasteiger partial charge in [0.2, 0.25) is 0 Å². The predicted octanol–water partition coefficient (Wildman–Crippen LogP) is 4.79. The lowest BCUT2D eigenvalue weighted by Gasteiger charge is -2.33. The summed E-state index contributed by atoms with van der Waals surface area (Å²) >= 11 is 3.50. The van der Waals surface area contributed by atoms with Crippen molar-refractivity contribution >= 4 is 49.5 Å². The number of aryl methyl sites for hydroxylation is 1. The Labute approximate surface area is 195 Å². The Morgan fingerprint density at radius 1 is 0.969 bits per heavy atom. The average molecular weight is 458 g/mol. The molecule has 6 rings (SSSR count). The van der Waals surface area contributed by atoms with Gasteiger partial charge in [0, 0.05) is 21.4 Å². The minimum Gasteiger partial charge on any atom is -0.345 e. The van der Waals surface area contributed by atoms with Crippen LogP contribution < -0.4 is 9.80 Å². The monoisotopic (exact) mass is 457 g/mol. The zero-order chi connectivity index (χ0) is 21.5.